The number of rotatable bonds is 8. The van der Waals surface area contributed by atoms with Crippen molar-refractivity contribution >= 4 is 69.7 Å². The highest BCUT2D eigenvalue weighted by Crippen LogP contribution is 2.44. The quantitative estimate of drug-likeness (QED) is 0.182. The summed E-state index contributed by atoms with van der Waals surface area (Å²) in [6.45, 7) is 9.95. The average molecular weight is 670 g/mol. The van der Waals surface area contributed by atoms with Gasteiger partial charge in [-0.15, -0.1) is 0 Å². The lowest BCUT2D eigenvalue weighted by Gasteiger charge is -2.28. The van der Waals surface area contributed by atoms with Gasteiger partial charge < -0.3 is 14.6 Å². The molecule has 0 fully saturated rings. The molecule has 30 heavy (non-hydrogen) atoms. The molecule has 0 heterocycles. The van der Waals surface area contributed by atoms with Crippen molar-refractivity contribution in [3.63, 3.8) is 0 Å². The summed E-state index contributed by atoms with van der Waals surface area (Å²) in [6, 6.07) is 7.89. The molecule has 0 radical (unpaired) electrons. The fourth-order valence-electron chi connectivity index (χ4n) is 2.70. The van der Waals surface area contributed by atoms with E-state index in [1.165, 1.54) is 0 Å². The van der Waals surface area contributed by atoms with E-state index in [2.05, 4.69) is 84.1 Å². The number of benzene rings is 2. The highest BCUT2D eigenvalue weighted by Gasteiger charge is 2.28. The van der Waals surface area contributed by atoms with E-state index in [0.29, 0.717) is 32.4 Å². The number of esters is 1. The van der Waals surface area contributed by atoms with E-state index in [9.17, 15) is 4.79 Å². The first kappa shape index (κ1) is 25.6. The van der Waals surface area contributed by atoms with Gasteiger partial charge in [0.1, 0.15) is 12.4 Å². The van der Waals surface area contributed by atoms with Crippen molar-refractivity contribution in [3.05, 3.63) is 65.4 Å². The van der Waals surface area contributed by atoms with Gasteiger partial charge in [0, 0.05) is 11.0 Å². The average Bonchev–Trinajstić information content (AvgIpc) is 2.68. The summed E-state index contributed by atoms with van der Waals surface area (Å²) in [4.78, 5) is 12.1. The molecular weight excluding hydrogens is 648 g/mol. The molecule has 2 aromatic carbocycles. The van der Waals surface area contributed by atoms with Gasteiger partial charge in [-0.05, 0) is 106 Å². The maximum Gasteiger partial charge on any atom is 0.338 e. The number of aliphatic hydroxyl groups is 1. The summed E-state index contributed by atoms with van der Waals surface area (Å²) < 4.78 is 14.0. The maximum atomic E-state index is 12.1. The second-order valence-corrected chi connectivity index (χ2v) is 10.5. The number of carbonyl (C=O) groups is 1. The number of hydrogen-bond acceptors (Lipinski definition) is 4. The molecule has 0 unspecified atom stereocenters. The van der Waals surface area contributed by atoms with Crippen LogP contribution in [-0.2, 0) is 10.2 Å². The van der Waals surface area contributed by atoms with Crippen molar-refractivity contribution in [2.75, 3.05) is 13.2 Å². The summed E-state index contributed by atoms with van der Waals surface area (Å²) >= 11 is 14.2. The Bertz CT molecular complexity index is 924. The Morgan fingerprint density at radius 3 is 1.80 bits per heavy atom. The van der Waals surface area contributed by atoms with E-state index < -0.39 is 5.97 Å². The maximum absolute atomic E-state index is 12.1. The lowest BCUT2D eigenvalue weighted by molar-refractivity contribution is -0.130. The first-order valence-corrected chi connectivity index (χ1v) is 12.3. The number of carbonyl (C=O) groups excluding carboxylic acids is 1. The van der Waals surface area contributed by atoms with Crippen LogP contribution in [0.1, 0.15) is 38.3 Å². The Balaban J connectivity index is 2.43. The zero-order chi connectivity index (χ0) is 22.6. The number of ether oxygens (including phenoxy) is 2. The van der Waals surface area contributed by atoms with Crippen LogP contribution in [0.4, 0.5) is 0 Å². The van der Waals surface area contributed by atoms with Crippen LogP contribution in [0.25, 0.3) is 0 Å². The third-order valence-corrected chi connectivity index (χ3v) is 7.04. The van der Waals surface area contributed by atoms with Crippen molar-refractivity contribution in [1.82, 2.24) is 0 Å². The molecule has 1 N–H and O–H groups in total. The van der Waals surface area contributed by atoms with Gasteiger partial charge in [0.25, 0.3) is 0 Å². The minimum atomic E-state index is -0.447. The molecule has 0 aliphatic carbocycles. The van der Waals surface area contributed by atoms with Crippen LogP contribution < -0.4 is 9.47 Å². The van der Waals surface area contributed by atoms with Crippen molar-refractivity contribution < 1.29 is 19.4 Å². The van der Waals surface area contributed by atoms with Gasteiger partial charge >= 0.3 is 5.97 Å². The SMILES string of the molecule is C=C(CC)C(=O)Oc1c(Br)cc(C(C)(C)c2cc(Br)c(OCCO)c(Br)c2)cc1Br. The van der Waals surface area contributed by atoms with E-state index >= 15 is 0 Å². The first-order valence-electron chi connectivity index (χ1n) is 9.15. The molecule has 0 saturated heterocycles. The molecule has 162 valence electrons. The fourth-order valence-corrected chi connectivity index (χ4v) is 5.46. The van der Waals surface area contributed by atoms with E-state index in [1.54, 1.807) is 0 Å². The zero-order valence-electron chi connectivity index (χ0n) is 16.8. The Morgan fingerprint density at radius 1 is 0.967 bits per heavy atom. The summed E-state index contributed by atoms with van der Waals surface area (Å²) in [6.07, 6.45) is 0.529. The Morgan fingerprint density at radius 2 is 1.40 bits per heavy atom. The van der Waals surface area contributed by atoms with E-state index in [1.807, 2.05) is 31.2 Å². The fraction of sp³-hybridized carbons (Fsp3) is 0.318. The van der Waals surface area contributed by atoms with Crippen molar-refractivity contribution in [1.29, 1.82) is 0 Å². The van der Waals surface area contributed by atoms with Crippen molar-refractivity contribution in [2.24, 2.45) is 0 Å². The number of hydrogen-bond donors (Lipinski definition) is 1. The number of halogens is 4. The lowest BCUT2D eigenvalue weighted by atomic mass is 9.78. The van der Waals surface area contributed by atoms with Gasteiger partial charge in [0.15, 0.2) is 5.75 Å². The normalized spacial score (nSPS) is 11.3. The Hall–Kier alpha value is -0.670. The second-order valence-electron chi connectivity index (χ2n) is 7.08. The van der Waals surface area contributed by atoms with E-state index in [4.69, 9.17) is 14.6 Å². The molecule has 0 aromatic heterocycles. The third-order valence-electron chi connectivity index (χ3n) is 4.69. The monoisotopic (exact) mass is 666 g/mol. The summed E-state index contributed by atoms with van der Waals surface area (Å²) in [5.41, 5.74) is 2.09. The minimum Gasteiger partial charge on any atom is -0.489 e. The molecule has 2 aromatic rings. The predicted octanol–water partition coefficient (Wildman–Crippen LogP) is 7.31. The van der Waals surface area contributed by atoms with Gasteiger partial charge in [-0.2, -0.15) is 0 Å². The van der Waals surface area contributed by atoms with Gasteiger partial charge in [0.2, 0.25) is 0 Å². The number of aliphatic hydroxyl groups excluding tert-OH is 1. The molecule has 4 nitrogen and oxygen atoms in total. The van der Waals surface area contributed by atoms with Crippen molar-refractivity contribution in [2.45, 2.75) is 32.6 Å². The summed E-state index contributed by atoms with van der Waals surface area (Å²) in [7, 11) is 0. The van der Waals surface area contributed by atoms with Crippen LogP contribution in [0.5, 0.6) is 11.5 Å². The van der Waals surface area contributed by atoms with Crippen LogP contribution in [-0.4, -0.2) is 24.3 Å². The Kier molecular flexibility index (Phi) is 9.18. The predicted molar refractivity (Wildman–Crippen MR) is 133 cm³/mol. The molecule has 0 aliphatic rings. The molecule has 2 rings (SSSR count). The molecule has 8 heteroatoms. The molecule has 0 saturated carbocycles. The van der Waals surface area contributed by atoms with Gasteiger partial charge in [0.05, 0.1) is 24.5 Å². The standard InChI is InChI=1S/C22H22Br4O4/c1-5-12(2)21(28)30-20-17(25)10-14(11-18(20)26)22(3,4)13-8-15(23)19(16(24)9-13)29-7-6-27/h8-11,27H,2,5-7H2,1,3-4H3. The van der Waals surface area contributed by atoms with Gasteiger partial charge in [-0.25, -0.2) is 4.79 Å². The van der Waals surface area contributed by atoms with E-state index in [-0.39, 0.29) is 18.6 Å². The van der Waals surface area contributed by atoms with Gasteiger partial charge in [-0.1, -0.05) is 27.4 Å². The highest BCUT2D eigenvalue weighted by molar-refractivity contribution is 9.11. The molecule has 0 atom stereocenters. The summed E-state index contributed by atoms with van der Waals surface area (Å²) in [5.74, 6) is 0.617. The van der Waals surface area contributed by atoms with Crippen LogP contribution >= 0.6 is 63.7 Å². The largest absolute Gasteiger partial charge is 0.489 e. The molecule has 0 amide bonds. The molecular formula is C22H22Br4O4. The molecule has 0 bridgehead atoms. The van der Waals surface area contributed by atoms with Crippen LogP contribution in [0.2, 0.25) is 0 Å². The smallest absolute Gasteiger partial charge is 0.338 e. The van der Waals surface area contributed by atoms with E-state index in [0.717, 1.165) is 20.1 Å². The molecule has 0 spiro atoms. The van der Waals surface area contributed by atoms with Crippen LogP contribution in [0, 0.1) is 0 Å². The first-order chi connectivity index (χ1) is 14.0. The topological polar surface area (TPSA) is 55.8 Å². The lowest BCUT2D eigenvalue weighted by Crippen LogP contribution is -2.20. The van der Waals surface area contributed by atoms with Crippen molar-refractivity contribution in [3.8, 4) is 11.5 Å². The van der Waals surface area contributed by atoms with Gasteiger partial charge in [-0.3, -0.25) is 0 Å². The van der Waals surface area contributed by atoms with Crippen LogP contribution in [0.15, 0.2) is 54.3 Å². The second kappa shape index (κ2) is 10.8. The highest BCUT2D eigenvalue weighted by atomic mass is 79.9. The Labute approximate surface area is 210 Å². The summed E-state index contributed by atoms with van der Waals surface area (Å²) in [5, 5.41) is 9.01. The molecule has 0 aliphatic heterocycles. The zero-order valence-corrected chi connectivity index (χ0v) is 23.2. The third kappa shape index (κ3) is 5.76. The van der Waals surface area contributed by atoms with Crippen LogP contribution in [0.3, 0.4) is 0 Å². The minimum absolute atomic E-state index is 0.0588.